The van der Waals surface area contributed by atoms with Crippen molar-refractivity contribution in [1.29, 1.82) is 0 Å². The lowest BCUT2D eigenvalue weighted by atomic mass is 10.4. The van der Waals surface area contributed by atoms with E-state index in [1.807, 2.05) is 25.0 Å². The number of thioether (sulfide) groups is 1. The maximum absolute atomic E-state index is 4.40. The molecule has 1 aliphatic rings. The minimum Gasteiger partial charge on any atom is -0.356 e. The van der Waals surface area contributed by atoms with Crippen LogP contribution in [0.15, 0.2) is 46.4 Å². The molecule has 1 saturated carbocycles. The minimum absolute atomic E-state index is 0.325. The Bertz CT molecular complexity index is 677. The Kier molecular flexibility index (Phi) is 5.79. The number of aromatic nitrogens is 1. The molecule has 0 spiro atoms. The van der Waals surface area contributed by atoms with Crippen LogP contribution in [-0.4, -0.2) is 35.8 Å². The minimum atomic E-state index is 0.325. The molecule has 128 valence electrons. The Morgan fingerprint density at radius 1 is 1.29 bits per heavy atom. The van der Waals surface area contributed by atoms with Crippen molar-refractivity contribution in [2.24, 2.45) is 4.99 Å². The van der Waals surface area contributed by atoms with Gasteiger partial charge in [-0.15, -0.1) is 23.1 Å². The fraction of sp³-hybridized carbons (Fsp3) is 0.444. The largest absolute Gasteiger partial charge is 0.356 e. The SMILES string of the molecule is CN=C(NCCc1ncc(C)s1)NCC1(Sc2ccccc2)CC1. The van der Waals surface area contributed by atoms with Crippen molar-refractivity contribution in [2.75, 3.05) is 20.1 Å². The van der Waals surface area contributed by atoms with Crippen molar-refractivity contribution in [1.82, 2.24) is 15.6 Å². The quantitative estimate of drug-likeness (QED) is 0.586. The first kappa shape index (κ1) is 17.3. The van der Waals surface area contributed by atoms with E-state index in [1.165, 1.54) is 27.6 Å². The van der Waals surface area contributed by atoms with E-state index in [0.29, 0.717) is 4.75 Å². The summed E-state index contributed by atoms with van der Waals surface area (Å²) in [6, 6.07) is 10.7. The maximum Gasteiger partial charge on any atom is 0.191 e. The zero-order valence-corrected chi connectivity index (χ0v) is 15.8. The molecule has 0 bridgehead atoms. The lowest BCUT2D eigenvalue weighted by Gasteiger charge is -2.18. The highest BCUT2D eigenvalue weighted by Gasteiger charge is 2.43. The number of aliphatic imine (C=N–C) groups is 1. The highest BCUT2D eigenvalue weighted by atomic mass is 32.2. The molecule has 1 aromatic heterocycles. The van der Waals surface area contributed by atoms with Gasteiger partial charge in [0.25, 0.3) is 0 Å². The molecule has 24 heavy (non-hydrogen) atoms. The highest BCUT2D eigenvalue weighted by molar-refractivity contribution is 8.01. The molecule has 0 saturated heterocycles. The van der Waals surface area contributed by atoms with E-state index in [-0.39, 0.29) is 0 Å². The van der Waals surface area contributed by atoms with Crippen LogP contribution in [0.4, 0.5) is 0 Å². The van der Waals surface area contributed by atoms with E-state index >= 15 is 0 Å². The van der Waals surface area contributed by atoms with Crippen LogP contribution < -0.4 is 10.6 Å². The van der Waals surface area contributed by atoms with Crippen molar-refractivity contribution in [3.05, 3.63) is 46.4 Å². The van der Waals surface area contributed by atoms with Gasteiger partial charge in [0.1, 0.15) is 0 Å². The lowest BCUT2D eigenvalue weighted by Crippen LogP contribution is -2.41. The van der Waals surface area contributed by atoms with Crippen LogP contribution in [0.3, 0.4) is 0 Å². The average Bonchev–Trinajstić information content (AvgIpc) is 3.23. The second-order valence-electron chi connectivity index (χ2n) is 6.07. The molecule has 2 N–H and O–H groups in total. The van der Waals surface area contributed by atoms with Gasteiger partial charge in [0.2, 0.25) is 0 Å². The molecular formula is C18H24N4S2. The van der Waals surface area contributed by atoms with E-state index in [4.69, 9.17) is 0 Å². The summed E-state index contributed by atoms with van der Waals surface area (Å²) in [7, 11) is 1.83. The van der Waals surface area contributed by atoms with Crippen LogP contribution in [-0.2, 0) is 6.42 Å². The second-order valence-corrected chi connectivity index (χ2v) is 8.93. The monoisotopic (exact) mass is 360 g/mol. The lowest BCUT2D eigenvalue weighted by molar-refractivity contribution is 0.759. The number of hydrogen-bond acceptors (Lipinski definition) is 4. The molecule has 1 fully saturated rings. The molecule has 6 heteroatoms. The maximum atomic E-state index is 4.40. The van der Waals surface area contributed by atoms with Gasteiger partial charge in [-0.2, -0.15) is 0 Å². The third-order valence-electron chi connectivity index (χ3n) is 3.99. The summed E-state index contributed by atoms with van der Waals surface area (Å²) in [6.45, 7) is 3.89. The standard InChI is InChI=1S/C18H24N4S2/c1-14-12-21-16(23-14)8-11-20-17(19-2)22-13-18(9-10-18)24-15-6-4-3-5-7-15/h3-7,12H,8-11,13H2,1-2H3,(H2,19,20,22). The number of hydrogen-bond donors (Lipinski definition) is 2. The number of rotatable bonds is 7. The molecule has 1 aliphatic carbocycles. The van der Waals surface area contributed by atoms with Gasteiger partial charge >= 0.3 is 0 Å². The fourth-order valence-electron chi connectivity index (χ4n) is 2.46. The van der Waals surface area contributed by atoms with Gasteiger partial charge in [-0.3, -0.25) is 4.99 Å². The molecule has 0 aliphatic heterocycles. The molecule has 1 heterocycles. The van der Waals surface area contributed by atoms with Gasteiger partial charge in [-0.05, 0) is 31.9 Å². The van der Waals surface area contributed by atoms with Crippen LogP contribution in [0, 0.1) is 6.92 Å². The van der Waals surface area contributed by atoms with Crippen molar-refractivity contribution in [2.45, 2.75) is 35.8 Å². The summed E-state index contributed by atoms with van der Waals surface area (Å²) >= 11 is 3.74. The summed E-state index contributed by atoms with van der Waals surface area (Å²) < 4.78 is 0.325. The normalized spacial score (nSPS) is 16.0. The van der Waals surface area contributed by atoms with Crippen LogP contribution in [0.5, 0.6) is 0 Å². The summed E-state index contributed by atoms with van der Waals surface area (Å²) in [4.78, 5) is 11.3. The van der Waals surface area contributed by atoms with E-state index in [1.54, 1.807) is 11.3 Å². The zero-order valence-electron chi connectivity index (χ0n) is 14.2. The molecular weight excluding hydrogens is 336 g/mol. The predicted octanol–water partition coefficient (Wildman–Crippen LogP) is 3.48. The predicted molar refractivity (Wildman–Crippen MR) is 104 cm³/mol. The van der Waals surface area contributed by atoms with Crippen LogP contribution in [0.2, 0.25) is 0 Å². The van der Waals surface area contributed by atoms with E-state index < -0.39 is 0 Å². The Morgan fingerprint density at radius 2 is 2.08 bits per heavy atom. The summed E-state index contributed by atoms with van der Waals surface area (Å²) in [5.41, 5.74) is 0. The van der Waals surface area contributed by atoms with Crippen molar-refractivity contribution in [3.8, 4) is 0 Å². The van der Waals surface area contributed by atoms with Gasteiger partial charge in [0.15, 0.2) is 5.96 Å². The summed E-state index contributed by atoms with van der Waals surface area (Å²) in [5.74, 6) is 0.878. The smallest absolute Gasteiger partial charge is 0.191 e. The number of nitrogens with zero attached hydrogens (tertiary/aromatic N) is 2. The third kappa shape index (κ3) is 4.98. The van der Waals surface area contributed by atoms with E-state index in [2.05, 4.69) is 57.9 Å². The number of thiazole rings is 1. The summed E-state index contributed by atoms with van der Waals surface area (Å²) in [5, 5.41) is 8.05. The molecule has 4 nitrogen and oxygen atoms in total. The molecule has 3 rings (SSSR count). The van der Waals surface area contributed by atoms with Crippen LogP contribution >= 0.6 is 23.1 Å². The number of aryl methyl sites for hydroxylation is 1. The first-order valence-electron chi connectivity index (χ1n) is 8.29. The third-order valence-corrected chi connectivity index (χ3v) is 6.45. The van der Waals surface area contributed by atoms with Gasteiger partial charge in [-0.25, -0.2) is 4.98 Å². The zero-order chi connectivity index (χ0) is 16.8. The Morgan fingerprint density at radius 3 is 2.71 bits per heavy atom. The first-order chi connectivity index (χ1) is 11.7. The molecule has 2 aromatic rings. The molecule has 0 atom stereocenters. The second kappa shape index (κ2) is 8.03. The fourth-order valence-corrected chi connectivity index (χ4v) is 4.49. The van der Waals surface area contributed by atoms with Crippen molar-refractivity contribution >= 4 is 29.1 Å². The van der Waals surface area contributed by atoms with Crippen LogP contribution in [0.25, 0.3) is 0 Å². The highest BCUT2D eigenvalue weighted by Crippen LogP contribution is 2.51. The summed E-state index contributed by atoms with van der Waals surface area (Å²) in [6.07, 6.45) is 5.39. The topological polar surface area (TPSA) is 49.3 Å². The van der Waals surface area contributed by atoms with Gasteiger partial charge in [0.05, 0.1) is 5.01 Å². The average molecular weight is 361 g/mol. The molecule has 0 radical (unpaired) electrons. The van der Waals surface area contributed by atoms with E-state index in [9.17, 15) is 0 Å². The van der Waals surface area contributed by atoms with Crippen molar-refractivity contribution < 1.29 is 0 Å². The van der Waals surface area contributed by atoms with Crippen molar-refractivity contribution in [3.63, 3.8) is 0 Å². The number of benzene rings is 1. The molecule has 0 amide bonds. The van der Waals surface area contributed by atoms with Gasteiger partial charge in [0, 0.05) is 47.3 Å². The Labute approximate surface area is 152 Å². The number of nitrogens with one attached hydrogen (secondary N) is 2. The Balaban J connectivity index is 1.42. The molecule has 0 unspecified atom stereocenters. The Hall–Kier alpha value is -1.53. The van der Waals surface area contributed by atoms with E-state index in [0.717, 1.165) is 25.5 Å². The number of guanidine groups is 1. The van der Waals surface area contributed by atoms with Gasteiger partial charge in [-0.1, -0.05) is 18.2 Å². The first-order valence-corrected chi connectivity index (χ1v) is 9.92. The molecule has 1 aromatic carbocycles. The van der Waals surface area contributed by atoms with Gasteiger partial charge < -0.3 is 10.6 Å². The van der Waals surface area contributed by atoms with Crippen LogP contribution in [0.1, 0.15) is 22.7 Å².